The summed E-state index contributed by atoms with van der Waals surface area (Å²) in [4.78, 5) is 9.37. The summed E-state index contributed by atoms with van der Waals surface area (Å²) >= 11 is 1.75. The van der Waals surface area contributed by atoms with Crippen LogP contribution >= 0.6 is 11.3 Å². The minimum Gasteiger partial charge on any atom is -0.371 e. The summed E-state index contributed by atoms with van der Waals surface area (Å²) < 4.78 is 0. The Labute approximate surface area is 147 Å². The number of hydrogen-bond acceptors (Lipinski definition) is 5. The van der Waals surface area contributed by atoms with Crippen LogP contribution in [0.4, 0.5) is 5.69 Å². The van der Waals surface area contributed by atoms with Crippen LogP contribution in [0.5, 0.6) is 0 Å². The highest BCUT2D eigenvalue weighted by molar-refractivity contribution is 7.09. The van der Waals surface area contributed by atoms with Crippen LogP contribution in [0.25, 0.3) is 0 Å². The number of benzene rings is 1. The van der Waals surface area contributed by atoms with Gasteiger partial charge in [-0.25, -0.2) is 4.98 Å². The fourth-order valence-electron chi connectivity index (χ4n) is 4.10. The number of nitriles is 1. The molecule has 24 heavy (non-hydrogen) atoms. The lowest BCUT2D eigenvalue weighted by Crippen LogP contribution is -2.37. The summed E-state index contributed by atoms with van der Waals surface area (Å²) in [6.07, 6.45) is 5.75. The Kier molecular flexibility index (Phi) is 4.03. The quantitative estimate of drug-likeness (QED) is 0.856. The minimum absolute atomic E-state index is 0.523. The van der Waals surface area contributed by atoms with E-state index in [4.69, 9.17) is 5.26 Å². The molecule has 4 nitrogen and oxygen atoms in total. The molecule has 2 aliphatic rings. The maximum Gasteiger partial charge on any atom is 0.107 e. The molecule has 124 valence electrons. The zero-order chi connectivity index (χ0) is 16.6. The Bertz CT molecular complexity index is 724. The Morgan fingerprint density at radius 1 is 1.33 bits per heavy atom. The molecular formula is C19H22N4S. The van der Waals surface area contributed by atoms with Gasteiger partial charge in [-0.05, 0) is 56.0 Å². The summed E-state index contributed by atoms with van der Waals surface area (Å²) in [6, 6.07) is 10.9. The van der Waals surface area contributed by atoms with Crippen LogP contribution in [0, 0.1) is 16.7 Å². The second-order valence-electron chi connectivity index (χ2n) is 7.07. The van der Waals surface area contributed by atoms with Gasteiger partial charge in [-0.3, -0.25) is 4.90 Å². The molecule has 1 aliphatic carbocycles. The molecule has 1 aliphatic heterocycles. The van der Waals surface area contributed by atoms with Crippen LogP contribution < -0.4 is 4.90 Å². The average molecular weight is 338 g/mol. The fraction of sp³-hybridized carbons (Fsp3) is 0.474. The van der Waals surface area contributed by atoms with Gasteiger partial charge in [0, 0.05) is 36.4 Å². The average Bonchev–Trinajstić information content (AvgIpc) is 3.07. The molecular weight excluding hydrogens is 316 g/mol. The van der Waals surface area contributed by atoms with Gasteiger partial charge in [-0.15, -0.1) is 11.3 Å². The first-order valence-corrected chi connectivity index (χ1v) is 9.42. The summed E-state index contributed by atoms with van der Waals surface area (Å²) in [5.41, 5.74) is 2.50. The van der Waals surface area contributed by atoms with Crippen molar-refractivity contribution < 1.29 is 0 Å². The van der Waals surface area contributed by atoms with Crippen molar-refractivity contribution in [1.29, 1.82) is 5.26 Å². The number of aromatic nitrogens is 1. The van der Waals surface area contributed by atoms with E-state index in [2.05, 4.69) is 45.4 Å². The third kappa shape index (κ3) is 2.92. The zero-order valence-corrected chi connectivity index (χ0v) is 14.8. The van der Waals surface area contributed by atoms with Crippen molar-refractivity contribution in [3.05, 3.63) is 46.4 Å². The summed E-state index contributed by atoms with van der Waals surface area (Å²) in [7, 11) is 2.24. The molecule has 0 amide bonds. The summed E-state index contributed by atoms with van der Waals surface area (Å²) in [5, 5.41) is 12.2. The van der Waals surface area contributed by atoms with E-state index in [1.54, 1.807) is 11.3 Å². The van der Waals surface area contributed by atoms with Crippen LogP contribution in [-0.4, -0.2) is 36.1 Å². The normalized spacial score (nSPS) is 21.9. The molecule has 0 N–H and O–H groups in total. The number of piperidine rings is 1. The van der Waals surface area contributed by atoms with Crippen LogP contribution in [0.1, 0.15) is 29.8 Å². The Hall–Kier alpha value is -1.90. The molecule has 1 aromatic heterocycles. The Balaban J connectivity index is 1.34. The van der Waals surface area contributed by atoms with Crippen molar-refractivity contribution in [2.45, 2.75) is 31.8 Å². The second-order valence-corrected chi connectivity index (χ2v) is 8.05. The minimum atomic E-state index is 0.523. The molecule has 2 aromatic rings. The van der Waals surface area contributed by atoms with Crippen molar-refractivity contribution in [3.63, 3.8) is 0 Å². The van der Waals surface area contributed by atoms with Gasteiger partial charge in [0.25, 0.3) is 0 Å². The topological polar surface area (TPSA) is 43.2 Å². The lowest BCUT2D eigenvalue weighted by Gasteiger charge is -2.35. The number of anilines is 1. The van der Waals surface area contributed by atoms with Crippen molar-refractivity contribution in [1.82, 2.24) is 9.88 Å². The standard InChI is InChI=1S/C19H22N4S/c1-22(14-18-21-8-11-24-18)17-12-19(17)6-9-23(10-7-19)16-4-2-15(13-20)3-5-16/h2-5,8,11,17H,6-7,9-10,12,14H2,1H3/t17-/m0/s1. The zero-order valence-electron chi connectivity index (χ0n) is 14.0. The molecule has 5 heteroatoms. The summed E-state index contributed by atoms with van der Waals surface area (Å²) in [6.45, 7) is 3.21. The SMILES string of the molecule is CN(Cc1nccs1)[C@H]1CC12CCN(c1ccc(C#N)cc1)CC2. The predicted octanol–water partition coefficient (Wildman–Crippen LogP) is 3.51. The van der Waals surface area contributed by atoms with Gasteiger partial charge in [-0.1, -0.05) is 0 Å². The molecule has 0 unspecified atom stereocenters. The molecule has 4 rings (SSSR count). The third-order valence-electron chi connectivity index (χ3n) is 5.67. The monoisotopic (exact) mass is 338 g/mol. The molecule has 1 saturated heterocycles. The molecule has 0 bridgehead atoms. The maximum absolute atomic E-state index is 8.92. The Morgan fingerprint density at radius 2 is 2.08 bits per heavy atom. The highest BCUT2D eigenvalue weighted by Gasteiger charge is 2.56. The number of hydrogen-bond donors (Lipinski definition) is 0. The van der Waals surface area contributed by atoms with Gasteiger partial charge in [-0.2, -0.15) is 5.26 Å². The van der Waals surface area contributed by atoms with Gasteiger partial charge < -0.3 is 4.90 Å². The fourth-order valence-corrected chi connectivity index (χ4v) is 4.78. The van der Waals surface area contributed by atoms with Crippen LogP contribution in [0.15, 0.2) is 35.8 Å². The number of thiazole rings is 1. The van der Waals surface area contributed by atoms with E-state index in [1.165, 1.54) is 30.0 Å². The van der Waals surface area contributed by atoms with E-state index in [1.807, 2.05) is 18.3 Å². The number of rotatable bonds is 4. The Morgan fingerprint density at radius 3 is 2.71 bits per heavy atom. The van der Waals surface area contributed by atoms with Gasteiger partial charge in [0.2, 0.25) is 0 Å². The van der Waals surface area contributed by atoms with Crippen molar-refractivity contribution in [2.24, 2.45) is 5.41 Å². The first-order chi connectivity index (χ1) is 11.7. The number of nitrogens with zero attached hydrogens (tertiary/aromatic N) is 4. The lowest BCUT2D eigenvalue weighted by molar-refractivity contribution is 0.239. The molecule has 1 atom stereocenters. The van der Waals surface area contributed by atoms with Gasteiger partial charge in [0.1, 0.15) is 5.01 Å². The van der Waals surface area contributed by atoms with E-state index in [0.717, 1.165) is 25.2 Å². The van der Waals surface area contributed by atoms with E-state index in [9.17, 15) is 0 Å². The van der Waals surface area contributed by atoms with Gasteiger partial charge >= 0.3 is 0 Å². The highest BCUT2D eigenvalue weighted by atomic mass is 32.1. The molecule has 1 aromatic carbocycles. The maximum atomic E-state index is 8.92. The van der Waals surface area contributed by atoms with E-state index < -0.39 is 0 Å². The van der Waals surface area contributed by atoms with E-state index >= 15 is 0 Å². The molecule has 2 heterocycles. The highest BCUT2D eigenvalue weighted by Crippen LogP contribution is 2.56. The van der Waals surface area contributed by atoms with Gasteiger partial charge in [0.05, 0.1) is 18.2 Å². The molecule has 1 spiro atoms. The lowest BCUT2D eigenvalue weighted by atomic mass is 9.92. The van der Waals surface area contributed by atoms with Crippen LogP contribution in [-0.2, 0) is 6.54 Å². The van der Waals surface area contributed by atoms with E-state index in [0.29, 0.717) is 11.5 Å². The van der Waals surface area contributed by atoms with Crippen molar-refractivity contribution in [2.75, 3.05) is 25.0 Å². The second kappa shape index (κ2) is 6.19. The largest absolute Gasteiger partial charge is 0.371 e. The van der Waals surface area contributed by atoms with Crippen molar-refractivity contribution >= 4 is 17.0 Å². The first kappa shape index (κ1) is 15.6. The molecule has 0 radical (unpaired) electrons. The van der Waals surface area contributed by atoms with Crippen molar-refractivity contribution in [3.8, 4) is 6.07 Å². The van der Waals surface area contributed by atoms with Gasteiger partial charge in [0.15, 0.2) is 0 Å². The third-order valence-corrected chi connectivity index (χ3v) is 6.43. The molecule has 2 fully saturated rings. The smallest absolute Gasteiger partial charge is 0.107 e. The predicted molar refractivity (Wildman–Crippen MR) is 97.0 cm³/mol. The van der Waals surface area contributed by atoms with Crippen LogP contribution in [0.2, 0.25) is 0 Å². The molecule has 1 saturated carbocycles. The van der Waals surface area contributed by atoms with Crippen LogP contribution in [0.3, 0.4) is 0 Å². The first-order valence-electron chi connectivity index (χ1n) is 8.54. The van der Waals surface area contributed by atoms with E-state index in [-0.39, 0.29) is 0 Å². The summed E-state index contributed by atoms with van der Waals surface area (Å²) in [5.74, 6) is 0.